The molecule has 178 valence electrons. The summed E-state index contributed by atoms with van der Waals surface area (Å²) < 4.78 is 27.2. The Morgan fingerprint density at radius 1 is 0.939 bits per heavy atom. The average molecular weight is 490 g/mol. The smallest absolute Gasteiger partial charge is 0.243 e. The summed E-state index contributed by atoms with van der Waals surface area (Å²) in [5, 5.41) is 4.05. The van der Waals surface area contributed by atoms with Gasteiger partial charge in [0, 0.05) is 36.3 Å². The van der Waals surface area contributed by atoms with Gasteiger partial charge in [-0.05, 0) is 62.5 Å². The van der Waals surface area contributed by atoms with Crippen molar-refractivity contribution in [3.8, 4) is 0 Å². The van der Waals surface area contributed by atoms with Crippen LogP contribution in [0.25, 0.3) is 0 Å². The zero-order chi connectivity index (χ0) is 23.3. The highest BCUT2D eigenvalue weighted by Gasteiger charge is 2.28. The molecule has 4 rings (SSSR count). The maximum atomic E-state index is 12.9. The van der Waals surface area contributed by atoms with E-state index in [0.717, 1.165) is 49.4 Å². The van der Waals surface area contributed by atoms with E-state index in [4.69, 9.17) is 11.6 Å². The molecule has 0 aliphatic carbocycles. The molecule has 2 fully saturated rings. The molecule has 2 aromatic carbocycles. The van der Waals surface area contributed by atoms with Gasteiger partial charge in [0.15, 0.2) is 5.78 Å². The molecule has 1 atom stereocenters. The maximum Gasteiger partial charge on any atom is 0.243 e. The number of carbonyl (C=O) groups excluding carboxylic acids is 1. The number of carbonyl (C=O) groups is 1. The van der Waals surface area contributed by atoms with E-state index in [9.17, 15) is 13.2 Å². The van der Waals surface area contributed by atoms with Crippen molar-refractivity contribution < 1.29 is 13.2 Å². The Labute approximate surface area is 202 Å². The summed E-state index contributed by atoms with van der Waals surface area (Å²) in [6, 6.07) is 14.4. The largest absolute Gasteiger partial charge is 0.308 e. The molecule has 2 aliphatic heterocycles. The third-order valence-electron chi connectivity index (χ3n) is 6.58. The minimum absolute atomic E-state index is 0.0914. The fourth-order valence-electron chi connectivity index (χ4n) is 4.74. The number of rotatable bonds is 9. The van der Waals surface area contributed by atoms with Gasteiger partial charge < -0.3 is 5.32 Å². The van der Waals surface area contributed by atoms with Crippen LogP contribution in [0.4, 0.5) is 0 Å². The van der Waals surface area contributed by atoms with Gasteiger partial charge in [-0.25, -0.2) is 8.42 Å². The molecule has 6 nitrogen and oxygen atoms in total. The Morgan fingerprint density at radius 2 is 1.64 bits per heavy atom. The maximum absolute atomic E-state index is 12.9. The van der Waals surface area contributed by atoms with E-state index in [1.165, 1.54) is 16.8 Å². The first-order valence-electron chi connectivity index (χ1n) is 11.8. The van der Waals surface area contributed by atoms with Crippen LogP contribution < -0.4 is 5.32 Å². The fraction of sp³-hybridized carbons (Fsp3) is 0.480. The summed E-state index contributed by atoms with van der Waals surface area (Å²) in [4.78, 5) is 15.5. The summed E-state index contributed by atoms with van der Waals surface area (Å²) in [5.41, 5.74) is 1.48. The molecule has 1 N–H and O–H groups in total. The molecular weight excluding hydrogens is 458 g/mol. The van der Waals surface area contributed by atoms with Crippen LogP contribution in [-0.4, -0.2) is 62.7 Å². The molecule has 2 saturated heterocycles. The summed E-state index contributed by atoms with van der Waals surface area (Å²) in [7, 11) is -3.54. The van der Waals surface area contributed by atoms with Crippen molar-refractivity contribution in [2.75, 3.05) is 39.3 Å². The molecule has 0 aromatic heterocycles. The standard InChI is InChI=1S/C25H32ClN3O3S/c26-23-12-3-2-11-22(23)24(28-13-4-1-5-14-28)18-27-19-25(30)20-9-8-10-21(17-20)33(31,32)29-15-6-7-16-29/h2-3,8-12,17,24,27H,1,4-7,13-16,18-19H2. The molecule has 0 bridgehead atoms. The predicted molar refractivity (Wildman–Crippen MR) is 131 cm³/mol. The van der Waals surface area contributed by atoms with Gasteiger partial charge >= 0.3 is 0 Å². The first kappa shape index (κ1) is 24.4. The van der Waals surface area contributed by atoms with Crippen LogP contribution in [0.3, 0.4) is 0 Å². The van der Waals surface area contributed by atoms with Crippen molar-refractivity contribution in [3.05, 3.63) is 64.7 Å². The number of nitrogens with zero attached hydrogens (tertiary/aromatic N) is 2. The van der Waals surface area contributed by atoms with Crippen LogP contribution in [0.5, 0.6) is 0 Å². The number of sulfonamides is 1. The molecule has 0 spiro atoms. The molecule has 0 radical (unpaired) electrons. The van der Waals surface area contributed by atoms with E-state index in [0.29, 0.717) is 25.2 Å². The second-order valence-corrected chi connectivity index (χ2v) is 11.2. The van der Waals surface area contributed by atoms with Gasteiger partial charge in [-0.2, -0.15) is 4.31 Å². The molecule has 2 aromatic rings. The molecule has 2 heterocycles. The second kappa shape index (κ2) is 11.1. The lowest BCUT2D eigenvalue weighted by molar-refractivity contribution is 0.0983. The normalized spacial score (nSPS) is 18.9. The van der Waals surface area contributed by atoms with Gasteiger partial charge in [0.05, 0.1) is 11.4 Å². The van der Waals surface area contributed by atoms with Crippen LogP contribution in [0.15, 0.2) is 53.4 Å². The number of hydrogen-bond donors (Lipinski definition) is 1. The van der Waals surface area contributed by atoms with Gasteiger partial charge in [-0.15, -0.1) is 0 Å². The highest BCUT2D eigenvalue weighted by Crippen LogP contribution is 2.29. The lowest BCUT2D eigenvalue weighted by Gasteiger charge is -2.35. The van der Waals surface area contributed by atoms with Gasteiger partial charge in [-0.1, -0.05) is 48.4 Å². The molecule has 0 saturated carbocycles. The molecule has 1 unspecified atom stereocenters. The SMILES string of the molecule is O=C(CNCC(c1ccccc1Cl)N1CCCCC1)c1cccc(S(=O)(=O)N2CCCC2)c1. The van der Waals surface area contributed by atoms with E-state index in [2.05, 4.69) is 16.3 Å². The summed E-state index contributed by atoms with van der Waals surface area (Å²) >= 11 is 6.51. The summed E-state index contributed by atoms with van der Waals surface area (Å²) in [6.07, 6.45) is 5.33. The monoisotopic (exact) mass is 489 g/mol. The number of hydrogen-bond acceptors (Lipinski definition) is 5. The van der Waals surface area contributed by atoms with Crippen LogP contribution in [0.2, 0.25) is 5.02 Å². The zero-order valence-corrected chi connectivity index (χ0v) is 20.5. The van der Waals surface area contributed by atoms with Crippen LogP contribution in [0.1, 0.15) is 54.1 Å². The number of likely N-dealkylation sites (tertiary alicyclic amines) is 1. The lowest BCUT2D eigenvalue weighted by atomic mass is 10.0. The van der Waals surface area contributed by atoms with Crippen molar-refractivity contribution in [1.29, 1.82) is 0 Å². The molecular formula is C25H32ClN3O3S. The van der Waals surface area contributed by atoms with Crippen LogP contribution in [-0.2, 0) is 10.0 Å². The first-order chi connectivity index (χ1) is 16.0. The number of piperidine rings is 1. The van der Waals surface area contributed by atoms with E-state index in [-0.39, 0.29) is 23.3 Å². The van der Waals surface area contributed by atoms with Crippen molar-refractivity contribution in [3.63, 3.8) is 0 Å². The van der Waals surface area contributed by atoms with Crippen molar-refractivity contribution in [2.24, 2.45) is 0 Å². The molecule has 0 amide bonds. The first-order valence-corrected chi connectivity index (χ1v) is 13.6. The Hall–Kier alpha value is -1.77. The van der Waals surface area contributed by atoms with E-state index in [1.54, 1.807) is 18.2 Å². The molecule has 33 heavy (non-hydrogen) atoms. The van der Waals surface area contributed by atoms with Gasteiger partial charge in [0.25, 0.3) is 0 Å². The van der Waals surface area contributed by atoms with Crippen molar-refractivity contribution in [1.82, 2.24) is 14.5 Å². The highest BCUT2D eigenvalue weighted by molar-refractivity contribution is 7.89. The molecule has 8 heteroatoms. The van der Waals surface area contributed by atoms with Gasteiger partial charge in [0.2, 0.25) is 10.0 Å². The van der Waals surface area contributed by atoms with Crippen LogP contribution in [0, 0.1) is 0 Å². The molecule has 2 aliphatic rings. The predicted octanol–water partition coefficient (Wildman–Crippen LogP) is 4.12. The van der Waals surface area contributed by atoms with Crippen molar-refractivity contribution >= 4 is 27.4 Å². The van der Waals surface area contributed by atoms with E-state index < -0.39 is 10.0 Å². The summed E-state index contributed by atoms with van der Waals surface area (Å²) in [6.45, 7) is 3.86. The average Bonchev–Trinajstić information content (AvgIpc) is 3.39. The minimum Gasteiger partial charge on any atom is -0.308 e. The Morgan fingerprint density at radius 3 is 2.36 bits per heavy atom. The minimum atomic E-state index is -3.54. The number of ketones is 1. The second-order valence-electron chi connectivity index (χ2n) is 8.83. The lowest BCUT2D eigenvalue weighted by Crippen LogP contribution is -2.40. The summed E-state index contributed by atoms with van der Waals surface area (Å²) in [5.74, 6) is -0.120. The highest BCUT2D eigenvalue weighted by atomic mass is 35.5. The van der Waals surface area contributed by atoms with Gasteiger partial charge in [-0.3, -0.25) is 9.69 Å². The van der Waals surface area contributed by atoms with E-state index >= 15 is 0 Å². The fourth-order valence-corrected chi connectivity index (χ4v) is 6.57. The number of benzene rings is 2. The van der Waals surface area contributed by atoms with Crippen molar-refractivity contribution in [2.45, 2.75) is 43.0 Å². The number of halogens is 1. The third-order valence-corrected chi connectivity index (χ3v) is 8.82. The van der Waals surface area contributed by atoms with Gasteiger partial charge in [0.1, 0.15) is 0 Å². The topological polar surface area (TPSA) is 69.7 Å². The number of Topliss-reactive ketones (excluding diaryl/α,β-unsaturated/α-hetero) is 1. The Kier molecular flexibility index (Phi) is 8.20. The zero-order valence-electron chi connectivity index (χ0n) is 18.9. The van der Waals surface area contributed by atoms with E-state index in [1.807, 2.05) is 18.2 Å². The van der Waals surface area contributed by atoms with Crippen LogP contribution >= 0.6 is 11.6 Å². The number of nitrogens with one attached hydrogen (secondary N) is 1. The third kappa shape index (κ3) is 5.84. The Bertz CT molecular complexity index is 1060. The Balaban J connectivity index is 1.42. The quantitative estimate of drug-likeness (QED) is 0.536.